The summed E-state index contributed by atoms with van der Waals surface area (Å²) in [6.45, 7) is 6.23. The molecule has 4 aromatic heterocycles. The van der Waals surface area contributed by atoms with Crippen molar-refractivity contribution in [2.24, 2.45) is 0 Å². The Morgan fingerprint density at radius 1 is 1.10 bits per heavy atom. The fraction of sp³-hybridized carbons (Fsp3) is 0.241. The van der Waals surface area contributed by atoms with E-state index in [0.717, 1.165) is 4.68 Å². The number of nitrogens with zero attached hydrogens (tertiary/aromatic N) is 5. The van der Waals surface area contributed by atoms with Gasteiger partial charge in [-0.2, -0.15) is 14.9 Å². The molecule has 0 saturated carbocycles. The Labute approximate surface area is 239 Å². The van der Waals surface area contributed by atoms with Crippen molar-refractivity contribution in [2.75, 3.05) is 24.4 Å². The van der Waals surface area contributed by atoms with E-state index in [4.69, 9.17) is 9.47 Å². The minimum Gasteiger partial charge on any atom is -0.455 e. The van der Waals surface area contributed by atoms with Gasteiger partial charge in [0.2, 0.25) is 0 Å². The van der Waals surface area contributed by atoms with Crippen molar-refractivity contribution in [3.63, 3.8) is 0 Å². The van der Waals surface area contributed by atoms with Gasteiger partial charge in [-0.15, -0.1) is 0 Å². The highest BCUT2D eigenvalue weighted by molar-refractivity contribution is 6.03. The van der Waals surface area contributed by atoms with E-state index in [1.807, 2.05) is 20.8 Å². The summed E-state index contributed by atoms with van der Waals surface area (Å²) < 4.78 is 25.8. The van der Waals surface area contributed by atoms with Crippen molar-refractivity contribution in [3.05, 3.63) is 88.4 Å². The van der Waals surface area contributed by atoms with Crippen LogP contribution >= 0.6 is 0 Å². The SMILES string of the molecule is COC[C@@H](C)Nc1n[nH]c2nccc(Oc3ccc(NC(=O)c4cc(C(C)C)nn(-c5ccc(F)cc5)c4=O)nc3)c12. The predicted molar refractivity (Wildman–Crippen MR) is 155 cm³/mol. The van der Waals surface area contributed by atoms with Crippen molar-refractivity contribution in [2.45, 2.75) is 32.7 Å². The van der Waals surface area contributed by atoms with Gasteiger partial charge in [-0.1, -0.05) is 13.8 Å². The minimum absolute atomic E-state index is 0.00376. The number of hydrogen-bond donors (Lipinski definition) is 3. The molecule has 0 spiro atoms. The number of ether oxygens (including phenoxy) is 2. The van der Waals surface area contributed by atoms with Gasteiger partial charge in [-0.25, -0.2) is 14.4 Å². The van der Waals surface area contributed by atoms with Gasteiger partial charge in [0.25, 0.3) is 11.5 Å². The molecule has 12 nitrogen and oxygen atoms in total. The third-order valence-corrected chi connectivity index (χ3v) is 6.27. The van der Waals surface area contributed by atoms with Crippen LogP contribution in [0, 0.1) is 5.82 Å². The lowest BCUT2D eigenvalue weighted by molar-refractivity contribution is 0.102. The monoisotopic (exact) mass is 572 g/mol. The van der Waals surface area contributed by atoms with E-state index < -0.39 is 17.3 Å². The zero-order valence-corrected chi connectivity index (χ0v) is 23.4. The first-order chi connectivity index (χ1) is 20.2. The van der Waals surface area contributed by atoms with E-state index in [0.29, 0.717) is 46.3 Å². The van der Waals surface area contributed by atoms with Crippen LogP contribution in [-0.4, -0.2) is 55.6 Å². The number of amides is 1. The van der Waals surface area contributed by atoms with Crippen LogP contribution in [0.5, 0.6) is 11.5 Å². The molecule has 0 radical (unpaired) electrons. The zero-order chi connectivity index (χ0) is 29.8. The first-order valence-electron chi connectivity index (χ1n) is 13.2. The highest BCUT2D eigenvalue weighted by Gasteiger charge is 2.19. The maximum Gasteiger partial charge on any atom is 0.284 e. The lowest BCUT2D eigenvalue weighted by Crippen LogP contribution is -2.31. The molecule has 0 fully saturated rings. The van der Waals surface area contributed by atoms with E-state index in [2.05, 4.69) is 35.9 Å². The number of aromatic amines is 1. The van der Waals surface area contributed by atoms with Crippen LogP contribution in [0.25, 0.3) is 16.7 Å². The van der Waals surface area contributed by atoms with Gasteiger partial charge in [0.05, 0.1) is 24.2 Å². The van der Waals surface area contributed by atoms with E-state index in [9.17, 15) is 14.0 Å². The third-order valence-electron chi connectivity index (χ3n) is 6.27. The zero-order valence-electron chi connectivity index (χ0n) is 23.4. The maximum absolute atomic E-state index is 13.5. The Morgan fingerprint density at radius 2 is 1.88 bits per heavy atom. The Morgan fingerprint density at radius 3 is 2.57 bits per heavy atom. The lowest BCUT2D eigenvalue weighted by atomic mass is 10.1. The van der Waals surface area contributed by atoms with Crippen LogP contribution < -0.4 is 20.9 Å². The van der Waals surface area contributed by atoms with E-state index in [1.165, 1.54) is 36.5 Å². The van der Waals surface area contributed by atoms with Gasteiger partial charge < -0.3 is 20.1 Å². The topological polar surface area (TPSA) is 149 Å². The molecule has 5 rings (SSSR count). The van der Waals surface area contributed by atoms with Gasteiger partial charge in [0.1, 0.15) is 34.1 Å². The first-order valence-corrected chi connectivity index (χ1v) is 13.2. The van der Waals surface area contributed by atoms with Crippen LogP contribution in [0.15, 0.2) is 65.7 Å². The molecule has 42 heavy (non-hydrogen) atoms. The lowest BCUT2D eigenvalue weighted by Gasteiger charge is -2.13. The number of pyridine rings is 2. The van der Waals surface area contributed by atoms with Crippen molar-refractivity contribution in [3.8, 4) is 17.2 Å². The molecule has 0 unspecified atom stereocenters. The molecule has 5 aromatic rings. The van der Waals surface area contributed by atoms with Crippen molar-refractivity contribution < 1.29 is 18.7 Å². The highest BCUT2D eigenvalue weighted by Crippen LogP contribution is 2.33. The number of benzene rings is 1. The standard InChI is InChI=1S/C29H29FN8O4/c1-16(2)22-13-21(29(40)38(37-22)19-7-5-18(30)6-8-19)28(39)34-24-10-9-20(14-32-24)42-23-11-12-31-26-25(23)27(36-35-26)33-17(3)15-41-4/h5-14,16-17H,15H2,1-4H3,(H,32,34,39)(H2,31,33,35,36)/t17-/m1/s1. The summed E-state index contributed by atoms with van der Waals surface area (Å²) in [5.74, 6) is 0.501. The molecule has 0 aliphatic rings. The smallest absolute Gasteiger partial charge is 0.284 e. The molecule has 1 aromatic carbocycles. The average molecular weight is 573 g/mol. The molecule has 216 valence electrons. The number of carbonyl (C=O) groups excluding carboxylic acids is 1. The van der Waals surface area contributed by atoms with Crippen molar-refractivity contribution >= 4 is 28.6 Å². The molecule has 3 N–H and O–H groups in total. The molecule has 1 amide bonds. The van der Waals surface area contributed by atoms with E-state index >= 15 is 0 Å². The van der Waals surface area contributed by atoms with Gasteiger partial charge in [-0.3, -0.25) is 14.7 Å². The molecule has 4 heterocycles. The first kappa shape index (κ1) is 28.4. The van der Waals surface area contributed by atoms with Gasteiger partial charge in [-0.05, 0) is 55.3 Å². The van der Waals surface area contributed by atoms with Crippen LogP contribution in [-0.2, 0) is 4.74 Å². The predicted octanol–water partition coefficient (Wildman–Crippen LogP) is 4.65. The summed E-state index contributed by atoms with van der Waals surface area (Å²) in [6, 6.07) is 11.7. The number of fused-ring (bicyclic) bond motifs is 1. The normalized spacial score (nSPS) is 12.0. The number of anilines is 2. The summed E-state index contributed by atoms with van der Waals surface area (Å²) in [4.78, 5) is 35.0. The number of carbonyl (C=O) groups is 1. The number of nitrogens with one attached hydrogen (secondary N) is 3. The molecule has 1 atom stereocenters. The molecule has 0 bridgehead atoms. The molecular formula is C29H29FN8O4. The Balaban J connectivity index is 1.36. The third kappa shape index (κ3) is 6.10. The number of methoxy groups -OCH3 is 1. The molecule has 13 heteroatoms. The van der Waals surface area contributed by atoms with Crippen LogP contribution in [0.2, 0.25) is 0 Å². The Bertz CT molecular complexity index is 1770. The summed E-state index contributed by atoms with van der Waals surface area (Å²) in [5, 5.41) is 18.1. The van der Waals surface area contributed by atoms with Gasteiger partial charge in [0.15, 0.2) is 11.5 Å². The van der Waals surface area contributed by atoms with Crippen LogP contribution in [0.4, 0.5) is 16.0 Å². The maximum atomic E-state index is 13.5. The molecule has 0 aliphatic heterocycles. The second-order valence-electron chi connectivity index (χ2n) is 9.87. The molecular weight excluding hydrogens is 543 g/mol. The largest absolute Gasteiger partial charge is 0.455 e. The van der Waals surface area contributed by atoms with Crippen molar-refractivity contribution in [1.82, 2.24) is 29.9 Å². The highest BCUT2D eigenvalue weighted by atomic mass is 19.1. The molecule has 0 saturated heterocycles. The van der Waals surface area contributed by atoms with Crippen LogP contribution in [0.3, 0.4) is 0 Å². The summed E-state index contributed by atoms with van der Waals surface area (Å²) in [7, 11) is 1.62. The number of aromatic nitrogens is 6. The second kappa shape index (κ2) is 12.1. The summed E-state index contributed by atoms with van der Waals surface area (Å²) >= 11 is 0. The Kier molecular flexibility index (Phi) is 8.20. The fourth-order valence-electron chi connectivity index (χ4n) is 4.18. The number of rotatable bonds is 10. The quantitative estimate of drug-likeness (QED) is 0.217. The van der Waals surface area contributed by atoms with Gasteiger partial charge >= 0.3 is 0 Å². The summed E-state index contributed by atoms with van der Waals surface area (Å²) in [5.41, 5.74) is 0.637. The summed E-state index contributed by atoms with van der Waals surface area (Å²) in [6.07, 6.45) is 3.05. The Hall–Kier alpha value is -5.17. The van der Waals surface area contributed by atoms with Crippen molar-refractivity contribution in [1.29, 1.82) is 0 Å². The number of halogens is 1. The second-order valence-corrected chi connectivity index (χ2v) is 9.87. The fourth-order valence-corrected chi connectivity index (χ4v) is 4.18. The average Bonchev–Trinajstić information content (AvgIpc) is 3.38. The minimum atomic E-state index is -0.656. The molecule has 0 aliphatic carbocycles. The number of H-pyrrole nitrogens is 1. The number of hydrogen-bond acceptors (Lipinski definition) is 9. The van der Waals surface area contributed by atoms with E-state index in [1.54, 1.807) is 31.5 Å². The van der Waals surface area contributed by atoms with Crippen LogP contribution in [0.1, 0.15) is 42.7 Å². The van der Waals surface area contributed by atoms with Gasteiger partial charge in [0, 0.05) is 25.4 Å². The van der Waals surface area contributed by atoms with E-state index in [-0.39, 0.29) is 23.3 Å².